The Labute approximate surface area is 130 Å². The summed E-state index contributed by atoms with van der Waals surface area (Å²) in [5, 5.41) is 11.8. The maximum Gasteiger partial charge on any atom is 0.326 e. The lowest BCUT2D eigenvalue weighted by molar-refractivity contribution is -0.141. The quantitative estimate of drug-likeness (QED) is 0.830. The Bertz CT molecular complexity index is 584. The van der Waals surface area contributed by atoms with Gasteiger partial charge >= 0.3 is 5.97 Å². The largest absolute Gasteiger partial charge is 0.480 e. The highest BCUT2D eigenvalue weighted by Gasteiger charge is 2.27. The van der Waals surface area contributed by atoms with Gasteiger partial charge in [0.2, 0.25) is 5.91 Å². The smallest absolute Gasteiger partial charge is 0.326 e. The molecule has 0 saturated heterocycles. The molecule has 0 aliphatic carbocycles. The van der Waals surface area contributed by atoms with Gasteiger partial charge < -0.3 is 15.3 Å². The van der Waals surface area contributed by atoms with Gasteiger partial charge in [0.15, 0.2) is 0 Å². The molecule has 6 nitrogen and oxygen atoms in total. The fourth-order valence-electron chi connectivity index (χ4n) is 2.09. The number of carbonyl (C=O) groups is 3. The molecule has 0 saturated carbocycles. The molecule has 0 aliphatic rings. The van der Waals surface area contributed by atoms with Gasteiger partial charge in [0.1, 0.15) is 6.04 Å². The first-order valence-corrected chi connectivity index (χ1v) is 7.10. The summed E-state index contributed by atoms with van der Waals surface area (Å²) in [6, 6.07) is 4.38. The van der Waals surface area contributed by atoms with E-state index in [0.717, 1.165) is 11.1 Å². The molecule has 0 heterocycles. The van der Waals surface area contributed by atoms with Crippen LogP contribution in [-0.4, -0.2) is 46.9 Å². The van der Waals surface area contributed by atoms with Crippen molar-refractivity contribution in [1.29, 1.82) is 0 Å². The minimum Gasteiger partial charge on any atom is -0.480 e. The average molecular weight is 306 g/mol. The van der Waals surface area contributed by atoms with Crippen molar-refractivity contribution in [3.63, 3.8) is 0 Å². The molecule has 6 heteroatoms. The highest BCUT2D eigenvalue weighted by molar-refractivity contribution is 5.98. The molecular weight excluding hydrogens is 284 g/mol. The Morgan fingerprint density at radius 1 is 1.27 bits per heavy atom. The van der Waals surface area contributed by atoms with Gasteiger partial charge in [-0.05, 0) is 38.0 Å². The molecule has 0 bridgehead atoms. The van der Waals surface area contributed by atoms with Gasteiger partial charge in [-0.3, -0.25) is 9.59 Å². The second-order valence-electron chi connectivity index (χ2n) is 5.24. The summed E-state index contributed by atoms with van der Waals surface area (Å²) >= 11 is 0. The van der Waals surface area contributed by atoms with Crippen LogP contribution in [0.25, 0.3) is 0 Å². The molecule has 120 valence electrons. The van der Waals surface area contributed by atoms with Crippen LogP contribution < -0.4 is 5.32 Å². The number of aliphatic carboxylic acids is 1. The van der Waals surface area contributed by atoms with E-state index in [1.54, 1.807) is 12.1 Å². The van der Waals surface area contributed by atoms with Crippen LogP contribution >= 0.6 is 0 Å². The molecule has 1 unspecified atom stereocenters. The molecule has 1 aromatic rings. The Morgan fingerprint density at radius 3 is 2.45 bits per heavy atom. The van der Waals surface area contributed by atoms with Gasteiger partial charge in [-0.25, -0.2) is 4.79 Å². The summed E-state index contributed by atoms with van der Waals surface area (Å²) in [4.78, 5) is 36.1. The van der Waals surface area contributed by atoms with Crippen LogP contribution in [0.2, 0.25) is 0 Å². The third-order valence-corrected chi connectivity index (χ3v) is 3.65. The van der Waals surface area contributed by atoms with Crippen molar-refractivity contribution in [2.75, 3.05) is 13.1 Å². The minimum absolute atomic E-state index is 0.138. The van der Waals surface area contributed by atoms with Gasteiger partial charge in [-0.15, -0.1) is 0 Å². The Kier molecular flexibility index (Phi) is 6.10. The Balaban J connectivity index is 3.03. The predicted molar refractivity (Wildman–Crippen MR) is 82.7 cm³/mol. The highest BCUT2D eigenvalue weighted by atomic mass is 16.4. The van der Waals surface area contributed by atoms with E-state index in [4.69, 9.17) is 0 Å². The highest BCUT2D eigenvalue weighted by Crippen LogP contribution is 2.16. The summed E-state index contributed by atoms with van der Waals surface area (Å²) in [6.07, 6.45) is 0. The standard InChI is InChI=1S/C16H22N2O4/c1-10-6-5-7-14(11(10)2)15(20)18(12(3)16(21)22)9-8-17-13(4)19/h5-7,12H,8-9H2,1-4H3,(H,17,19)(H,21,22). The van der Waals surface area contributed by atoms with Crippen LogP contribution in [0.4, 0.5) is 0 Å². The van der Waals surface area contributed by atoms with Gasteiger partial charge in [0.25, 0.3) is 5.91 Å². The van der Waals surface area contributed by atoms with Crippen molar-refractivity contribution in [3.8, 4) is 0 Å². The average Bonchev–Trinajstić information content (AvgIpc) is 2.45. The van der Waals surface area contributed by atoms with Gasteiger partial charge in [-0.2, -0.15) is 0 Å². The molecule has 0 radical (unpaired) electrons. The van der Waals surface area contributed by atoms with E-state index < -0.39 is 12.0 Å². The molecule has 1 rings (SSSR count). The third kappa shape index (κ3) is 4.31. The van der Waals surface area contributed by atoms with Crippen LogP contribution in [0, 0.1) is 13.8 Å². The van der Waals surface area contributed by atoms with E-state index in [2.05, 4.69) is 5.32 Å². The number of hydrogen-bond donors (Lipinski definition) is 2. The zero-order valence-corrected chi connectivity index (χ0v) is 13.3. The lowest BCUT2D eigenvalue weighted by Crippen LogP contribution is -2.47. The number of benzene rings is 1. The minimum atomic E-state index is -1.08. The number of rotatable bonds is 6. The van der Waals surface area contributed by atoms with E-state index in [1.807, 2.05) is 19.9 Å². The van der Waals surface area contributed by atoms with Crippen molar-refractivity contribution in [2.24, 2.45) is 0 Å². The number of nitrogens with one attached hydrogen (secondary N) is 1. The zero-order valence-electron chi connectivity index (χ0n) is 13.3. The monoisotopic (exact) mass is 306 g/mol. The SMILES string of the molecule is CC(=O)NCCN(C(=O)c1cccc(C)c1C)C(C)C(=O)O. The second-order valence-corrected chi connectivity index (χ2v) is 5.24. The summed E-state index contributed by atoms with van der Waals surface area (Å²) in [5.41, 5.74) is 2.28. The summed E-state index contributed by atoms with van der Waals surface area (Å²) < 4.78 is 0. The molecule has 0 spiro atoms. The van der Waals surface area contributed by atoms with Crippen molar-refractivity contribution < 1.29 is 19.5 Å². The first-order valence-electron chi connectivity index (χ1n) is 7.10. The number of amides is 2. The van der Waals surface area contributed by atoms with Crippen molar-refractivity contribution in [1.82, 2.24) is 10.2 Å². The number of aryl methyl sites for hydroxylation is 1. The third-order valence-electron chi connectivity index (χ3n) is 3.65. The molecular formula is C16H22N2O4. The fourth-order valence-corrected chi connectivity index (χ4v) is 2.09. The molecule has 1 aromatic carbocycles. The van der Waals surface area contributed by atoms with E-state index in [-0.39, 0.29) is 24.9 Å². The first kappa shape index (κ1) is 17.7. The summed E-state index contributed by atoms with van der Waals surface area (Å²) in [6.45, 7) is 6.91. The summed E-state index contributed by atoms with van der Waals surface area (Å²) in [7, 11) is 0. The molecule has 2 N–H and O–H groups in total. The molecule has 0 aromatic heterocycles. The molecule has 0 fully saturated rings. The van der Waals surface area contributed by atoms with Crippen molar-refractivity contribution in [2.45, 2.75) is 33.7 Å². The van der Waals surface area contributed by atoms with Crippen LogP contribution in [-0.2, 0) is 9.59 Å². The van der Waals surface area contributed by atoms with E-state index in [0.29, 0.717) is 5.56 Å². The van der Waals surface area contributed by atoms with Crippen LogP contribution in [0.15, 0.2) is 18.2 Å². The normalized spacial score (nSPS) is 11.6. The second kappa shape index (κ2) is 7.59. The predicted octanol–water partition coefficient (Wildman–Crippen LogP) is 1.35. The first-order chi connectivity index (χ1) is 10.3. The Hall–Kier alpha value is -2.37. The number of carbonyl (C=O) groups excluding carboxylic acids is 2. The number of carboxylic acid groups (broad SMARTS) is 1. The Morgan fingerprint density at radius 2 is 1.91 bits per heavy atom. The van der Waals surface area contributed by atoms with Crippen LogP contribution in [0.1, 0.15) is 35.3 Å². The number of carboxylic acids is 1. The fraction of sp³-hybridized carbons (Fsp3) is 0.438. The molecule has 2 amide bonds. The van der Waals surface area contributed by atoms with Crippen molar-refractivity contribution >= 4 is 17.8 Å². The number of nitrogens with zero attached hydrogens (tertiary/aromatic N) is 1. The zero-order chi connectivity index (χ0) is 16.9. The van der Waals surface area contributed by atoms with E-state index in [1.165, 1.54) is 18.7 Å². The number of hydrogen-bond acceptors (Lipinski definition) is 3. The molecule has 0 aliphatic heterocycles. The summed E-state index contributed by atoms with van der Waals surface area (Å²) in [5.74, 6) is -1.65. The lowest BCUT2D eigenvalue weighted by atomic mass is 10.0. The van der Waals surface area contributed by atoms with E-state index >= 15 is 0 Å². The van der Waals surface area contributed by atoms with Crippen LogP contribution in [0.3, 0.4) is 0 Å². The maximum absolute atomic E-state index is 12.7. The topological polar surface area (TPSA) is 86.7 Å². The van der Waals surface area contributed by atoms with Crippen molar-refractivity contribution in [3.05, 3.63) is 34.9 Å². The van der Waals surface area contributed by atoms with Gasteiger partial charge in [0.05, 0.1) is 0 Å². The van der Waals surface area contributed by atoms with E-state index in [9.17, 15) is 19.5 Å². The van der Waals surface area contributed by atoms with Gasteiger partial charge in [0, 0.05) is 25.6 Å². The lowest BCUT2D eigenvalue weighted by Gasteiger charge is -2.27. The van der Waals surface area contributed by atoms with Crippen LogP contribution in [0.5, 0.6) is 0 Å². The van der Waals surface area contributed by atoms with Gasteiger partial charge in [-0.1, -0.05) is 12.1 Å². The maximum atomic E-state index is 12.7. The molecule has 1 atom stereocenters. The molecule has 22 heavy (non-hydrogen) atoms.